The Morgan fingerprint density at radius 2 is 1.24 bits per heavy atom. The summed E-state index contributed by atoms with van der Waals surface area (Å²) < 4.78 is 6.15. The van der Waals surface area contributed by atoms with E-state index in [4.69, 9.17) is 4.74 Å². The van der Waals surface area contributed by atoms with Gasteiger partial charge in [0.2, 0.25) is 0 Å². The Labute approximate surface area is 365 Å². The molecule has 3 saturated carbocycles. The molecule has 0 radical (unpaired) electrons. The van der Waals surface area contributed by atoms with E-state index >= 15 is 0 Å². The van der Waals surface area contributed by atoms with Gasteiger partial charge in [-0.25, -0.2) is 0 Å². The van der Waals surface area contributed by atoms with E-state index in [9.17, 15) is 4.79 Å². The Hall–Kier alpha value is -2.61. The smallest absolute Gasteiger partial charge is 0.306 e. The van der Waals surface area contributed by atoms with Crippen molar-refractivity contribution in [2.75, 3.05) is 0 Å². The normalized spacial score (nSPS) is 29.2. The van der Waals surface area contributed by atoms with Gasteiger partial charge in [-0.1, -0.05) is 177 Å². The lowest BCUT2D eigenvalue weighted by molar-refractivity contribution is -0.151. The maximum atomic E-state index is 12.9. The first-order valence-electron chi connectivity index (χ1n) is 25.1. The molecule has 0 N–H and O–H groups in total. The van der Waals surface area contributed by atoms with E-state index in [2.05, 4.69) is 133 Å². The van der Waals surface area contributed by atoms with Gasteiger partial charge in [-0.2, -0.15) is 0 Å². The second kappa shape index (κ2) is 27.4. The molecule has 8 atom stereocenters. The van der Waals surface area contributed by atoms with E-state index < -0.39 is 0 Å². The van der Waals surface area contributed by atoms with E-state index in [0.29, 0.717) is 17.3 Å². The third kappa shape index (κ3) is 16.3. The number of hydrogen-bond donors (Lipinski definition) is 0. The highest BCUT2D eigenvalue weighted by Crippen LogP contribution is 2.67. The third-order valence-electron chi connectivity index (χ3n) is 15.3. The maximum absolute atomic E-state index is 12.9. The molecule has 4 rings (SSSR count). The Morgan fingerprint density at radius 1 is 0.661 bits per heavy atom. The molecule has 59 heavy (non-hydrogen) atoms. The average Bonchev–Trinajstić information content (AvgIpc) is 3.58. The molecular weight excluding hydrogens is 717 g/mol. The first-order chi connectivity index (χ1) is 28.7. The van der Waals surface area contributed by atoms with Crippen LogP contribution in [0.25, 0.3) is 0 Å². The predicted molar refractivity (Wildman–Crippen MR) is 257 cm³/mol. The number of unbranched alkanes of at least 4 members (excludes halogenated alkanes) is 5. The lowest BCUT2D eigenvalue weighted by Crippen LogP contribution is -2.51. The third-order valence-corrected chi connectivity index (χ3v) is 15.3. The van der Waals surface area contributed by atoms with Crippen LogP contribution in [0.4, 0.5) is 0 Å². The fraction of sp³-hybridized carbons (Fsp3) is 0.702. The van der Waals surface area contributed by atoms with E-state index in [1.807, 2.05) is 0 Å². The lowest BCUT2D eigenvalue weighted by atomic mass is 9.47. The van der Waals surface area contributed by atoms with Crippen LogP contribution in [-0.2, 0) is 9.53 Å². The zero-order valence-electron chi connectivity index (χ0n) is 39.2. The highest BCUT2D eigenvalue weighted by molar-refractivity contribution is 5.69. The summed E-state index contributed by atoms with van der Waals surface area (Å²) in [5.74, 6) is 5.24. The summed E-state index contributed by atoms with van der Waals surface area (Å²) in [5, 5.41) is 0. The van der Waals surface area contributed by atoms with Crippen LogP contribution in [0, 0.1) is 46.3 Å². The molecule has 330 valence electrons. The molecule has 0 bridgehead atoms. The highest BCUT2D eigenvalue weighted by Gasteiger charge is 2.59. The number of carbonyl (C=O) groups excluding carboxylic acids is 1. The van der Waals surface area contributed by atoms with Crippen molar-refractivity contribution >= 4 is 5.97 Å². The van der Waals surface area contributed by atoms with Crippen LogP contribution < -0.4 is 0 Å². The van der Waals surface area contributed by atoms with Crippen LogP contribution in [0.2, 0.25) is 0 Å². The molecule has 0 amide bonds. The van der Waals surface area contributed by atoms with E-state index in [0.717, 1.165) is 113 Å². The second-order valence-electron chi connectivity index (χ2n) is 20.1. The number of hydrogen-bond acceptors (Lipinski definition) is 2. The molecule has 0 aliphatic heterocycles. The van der Waals surface area contributed by atoms with Gasteiger partial charge in [0.15, 0.2) is 0 Å². The summed E-state index contributed by atoms with van der Waals surface area (Å²) in [6.45, 7) is 14.8. The average molecular weight is 807 g/mol. The standard InChI is InChI=1S/C57H90O2/c1-7-8-9-10-11-12-13-14-15-16-17-18-19-20-21-22-23-24-25-26-27-28-29-30-31-32-33-37-55(58)59-50-42-44-56(5)49(46-50)38-39-51-53-41-40-52(48(4)36-34-35-47(2)3)57(53,6)45-43-54(51)56/h8-9,11-12,14-15,17-18,20-21,23-24,26-27,38,47-48,50-54H,7,10,13,16,19,22,25,28-37,39-46H2,1-6H3/b9-8-,12-11-,15-14-,18-17-,21-20-,24-23-,27-26-. The highest BCUT2D eigenvalue weighted by atomic mass is 16.5. The summed E-state index contributed by atoms with van der Waals surface area (Å²) in [6.07, 6.45) is 63.6. The van der Waals surface area contributed by atoms with Crippen molar-refractivity contribution in [2.45, 2.75) is 208 Å². The minimum absolute atomic E-state index is 0.0400. The Morgan fingerprint density at radius 3 is 1.85 bits per heavy atom. The van der Waals surface area contributed by atoms with Gasteiger partial charge in [0.1, 0.15) is 6.10 Å². The number of carbonyl (C=O) groups is 1. The number of allylic oxidation sites excluding steroid dienone is 15. The number of ether oxygens (including phenoxy) is 1. The van der Waals surface area contributed by atoms with Gasteiger partial charge in [0, 0.05) is 12.8 Å². The van der Waals surface area contributed by atoms with E-state index in [1.165, 1.54) is 77.0 Å². The number of esters is 1. The van der Waals surface area contributed by atoms with Gasteiger partial charge >= 0.3 is 5.97 Å². The molecule has 0 aromatic heterocycles. The molecule has 0 heterocycles. The molecule has 2 nitrogen and oxygen atoms in total. The number of rotatable bonds is 27. The maximum Gasteiger partial charge on any atom is 0.306 e. The molecule has 4 aliphatic carbocycles. The van der Waals surface area contributed by atoms with Crippen molar-refractivity contribution in [1.82, 2.24) is 0 Å². The fourth-order valence-corrected chi connectivity index (χ4v) is 12.0. The van der Waals surface area contributed by atoms with E-state index in [-0.39, 0.29) is 12.1 Å². The molecule has 0 saturated heterocycles. The summed E-state index contributed by atoms with van der Waals surface area (Å²) in [5.41, 5.74) is 2.49. The van der Waals surface area contributed by atoms with E-state index in [1.54, 1.807) is 5.57 Å². The van der Waals surface area contributed by atoms with Gasteiger partial charge in [-0.15, -0.1) is 0 Å². The molecule has 0 aromatic carbocycles. The van der Waals surface area contributed by atoms with Crippen LogP contribution in [0.5, 0.6) is 0 Å². The molecular formula is C57H90O2. The van der Waals surface area contributed by atoms with Gasteiger partial charge in [-0.05, 0) is 155 Å². The quantitative estimate of drug-likeness (QED) is 0.0469. The van der Waals surface area contributed by atoms with Crippen molar-refractivity contribution in [1.29, 1.82) is 0 Å². The Bertz CT molecular complexity index is 1430. The Balaban J connectivity index is 0.997. The molecule has 4 aliphatic rings. The minimum Gasteiger partial charge on any atom is -0.462 e. The molecule has 8 unspecified atom stereocenters. The lowest BCUT2D eigenvalue weighted by Gasteiger charge is -2.58. The van der Waals surface area contributed by atoms with Crippen LogP contribution in [-0.4, -0.2) is 12.1 Å². The topological polar surface area (TPSA) is 26.3 Å². The second-order valence-corrected chi connectivity index (χ2v) is 20.1. The first kappa shape index (κ1) is 49.0. The fourth-order valence-electron chi connectivity index (χ4n) is 12.0. The predicted octanol–water partition coefficient (Wildman–Crippen LogP) is 17.3. The molecule has 3 fully saturated rings. The Kier molecular flexibility index (Phi) is 22.7. The molecule has 0 spiro atoms. The van der Waals surface area contributed by atoms with Crippen LogP contribution in [0.1, 0.15) is 202 Å². The van der Waals surface area contributed by atoms with Gasteiger partial charge < -0.3 is 4.74 Å². The van der Waals surface area contributed by atoms with Crippen LogP contribution in [0.15, 0.2) is 96.7 Å². The first-order valence-corrected chi connectivity index (χ1v) is 25.1. The van der Waals surface area contributed by atoms with Crippen molar-refractivity contribution in [3.8, 4) is 0 Å². The summed E-state index contributed by atoms with van der Waals surface area (Å²) in [7, 11) is 0. The summed E-state index contributed by atoms with van der Waals surface area (Å²) >= 11 is 0. The van der Waals surface area contributed by atoms with Crippen molar-refractivity contribution in [2.24, 2.45) is 46.3 Å². The van der Waals surface area contributed by atoms with Crippen molar-refractivity contribution in [3.05, 3.63) is 96.7 Å². The minimum atomic E-state index is 0.0400. The molecule has 0 aromatic rings. The summed E-state index contributed by atoms with van der Waals surface area (Å²) in [6, 6.07) is 0. The SMILES string of the molecule is CC/C=C\C/C=C\C/C=C\C/C=C\C/C=C\C/C=C\C/C=C\CCCCCCCC(=O)OC1CCC2(C)C(=CCC3C2CCC2(C)C(C(C)CCCC(C)C)CCC32)C1. The zero-order chi connectivity index (χ0) is 42.2. The van der Waals surface area contributed by atoms with Crippen LogP contribution >= 0.6 is 0 Å². The van der Waals surface area contributed by atoms with Gasteiger partial charge in [0.05, 0.1) is 0 Å². The monoisotopic (exact) mass is 807 g/mol. The molecule has 2 heteroatoms. The van der Waals surface area contributed by atoms with Gasteiger partial charge in [-0.3, -0.25) is 4.79 Å². The van der Waals surface area contributed by atoms with Gasteiger partial charge in [0.25, 0.3) is 0 Å². The van der Waals surface area contributed by atoms with Crippen molar-refractivity contribution < 1.29 is 9.53 Å². The van der Waals surface area contributed by atoms with Crippen molar-refractivity contribution in [3.63, 3.8) is 0 Å². The largest absolute Gasteiger partial charge is 0.462 e. The number of fused-ring (bicyclic) bond motifs is 5. The summed E-state index contributed by atoms with van der Waals surface area (Å²) in [4.78, 5) is 12.9. The zero-order valence-corrected chi connectivity index (χ0v) is 39.2. The van der Waals surface area contributed by atoms with Crippen LogP contribution in [0.3, 0.4) is 0 Å².